The Morgan fingerprint density at radius 3 is 1.77 bits per heavy atom. The first-order valence-corrected chi connectivity index (χ1v) is 4.87. The van der Waals surface area contributed by atoms with Gasteiger partial charge in [0.25, 0.3) is 0 Å². The Morgan fingerprint density at radius 2 is 1.38 bits per heavy atom. The van der Waals surface area contributed by atoms with E-state index in [1.54, 1.807) is 0 Å². The van der Waals surface area contributed by atoms with Crippen LogP contribution in [0.3, 0.4) is 0 Å². The molecule has 0 aromatic rings. The molecule has 2 fully saturated rings. The van der Waals surface area contributed by atoms with Crippen LogP contribution in [0.1, 0.15) is 26.7 Å². The molecule has 72 valence electrons. The molecule has 2 aliphatic rings. The minimum atomic E-state index is -0.297. The van der Waals surface area contributed by atoms with E-state index in [0.717, 1.165) is 12.8 Å². The molecule has 1 aliphatic carbocycles. The number of fused-ring (bicyclic) bond motifs is 1. The maximum absolute atomic E-state index is 11.3. The Hall–Kier alpha value is -0.860. The highest BCUT2D eigenvalue weighted by Crippen LogP contribution is 2.43. The van der Waals surface area contributed by atoms with Crippen LogP contribution in [0.25, 0.3) is 0 Å². The minimum absolute atomic E-state index is 0.156. The lowest BCUT2D eigenvalue weighted by Gasteiger charge is -2.31. The zero-order valence-corrected chi connectivity index (χ0v) is 7.95. The van der Waals surface area contributed by atoms with Gasteiger partial charge in [-0.05, 0) is 24.7 Å². The quantitative estimate of drug-likeness (QED) is 0.419. The molecule has 0 radical (unpaired) electrons. The van der Waals surface area contributed by atoms with E-state index in [9.17, 15) is 9.59 Å². The van der Waals surface area contributed by atoms with Crippen LogP contribution in [0, 0.1) is 23.7 Å². The van der Waals surface area contributed by atoms with Crippen LogP contribution in [0.15, 0.2) is 0 Å². The summed E-state index contributed by atoms with van der Waals surface area (Å²) in [6, 6.07) is 0. The standard InChI is InChI=1S/C10H14O3/c1-5-3-4-6(2)8-7(5)9(11)13-10(8)12/h5-8H,3-4H2,1-2H3/t5?,6?,7-,8+. The first-order chi connectivity index (χ1) is 6.11. The van der Waals surface area contributed by atoms with Crippen molar-refractivity contribution in [2.45, 2.75) is 26.7 Å². The normalized spacial score (nSPS) is 44.5. The first-order valence-electron chi connectivity index (χ1n) is 4.87. The summed E-state index contributed by atoms with van der Waals surface area (Å²) >= 11 is 0. The smallest absolute Gasteiger partial charge is 0.317 e. The van der Waals surface area contributed by atoms with Crippen LogP contribution in [0.4, 0.5) is 0 Å². The second-order valence-electron chi connectivity index (χ2n) is 4.32. The second-order valence-corrected chi connectivity index (χ2v) is 4.32. The van der Waals surface area contributed by atoms with Crippen molar-refractivity contribution in [1.82, 2.24) is 0 Å². The Bertz CT molecular complexity index is 233. The molecule has 0 aromatic carbocycles. The average molecular weight is 182 g/mol. The van der Waals surface area contributed by atoms with E-state index in [1.807, 2.05) is 13.8 Å². The van der Waals surface area contributed by atoms with Crippen LogP contribution >= 0.6 is 0 Å². The van der Waals surface area contributed by atoms with Crippen molar-refractivity contribution in [3.05, 3.63) is 0 Å². The molecule has 4 atom stereocenters. The molecular formula is C10H14O3. The number of hydrogen-bond donors (Lipinski definition) is 0. The summed E-state index contributed by atoms with van der Waals surface area (Å²) in [4.78, 5) is 22.7. The summed E-state index contributed by atoms with van der Waals surface area (Å²) in [5, 5.41) is 0. The molecule has 1 saturated carbocycles. The number of cyclic esters (lactones) is 2. The van der Waals surface area contributed by atoms with Crippen molar-refractivity contribution in [3.63, 3.8) is 0 Å². The van der Waals surface area contributed by atoms with Crippen LogP contribution in [-0.2, 0) is 14.3 Å². The molecule has 13 heavy (non-hydrogen) atoms. The van der Waals surface area contributed by atoms with Crippen LogP contribution in [0.2, 0.25) is 0 Å². The highest BCUT2D eigenvalue weighted by molar-refractivity contribution is 5.96. The van der Waals surface area contributed by atoms with Gasteiger partial charge in [0, 0.05) is 0 Å². The highest BCUT2D eigenvalue weighted by Gasteiger charge is 2.51. The monoisotopic (exact) mass is 182 g/mol. The molecule has 0 bridgehead atoms. The summed E-state index contributed by atoms with van der Waals surface area (Å²) in [5.74, 6) is -0.295. The van der Waals surface area contributed by atoms with E-state index in [1.165, 1.54) is 0 Å². The Balaban J connectivity index is 2.29. The molecule has 0 amide bonds. The molecule has 1 aliphatic heterocycles. The third kappa shape index (κ3) is 1.18. The summed E-state index contributed by atoms with van der Waals surface area (Å²) in [6.45, 7) is 4.06. The van der Waals surface area contributed by atoms with Gasteiger partial charge >= 0.3 is 11.9 Å². The van der Waals surface area contributed by atoms with E-state index >= 15 is 0 Å². The number of ether oxygens (including phenoxy) is 1. The highest BCUT2D eigenvalue weighted by atomic mass is 16.6. The minimum Gasteiger partial charge on any atom is -0.393 e. The lowest BCUT2D eigenvalue weighted by molar-refractivity contribution is -0.154. The second kappa shape index (κ2) is 2.82. The molecule has 0 spiro atoms. The van der Waals surface area contributed by atoms with Crippen LogP contribution in [-0.4, -0.2) is 11.9 Å². The van der Waals surface area contributed by atoms with Gasteiger partial charge in [-0.15, -0.1) is 0 Å². The van der Waals surface area contributed by atoms with Crippen molar-refractivity contribution < 1.29 is 14.3 Å². The van der Waals surface area contributed by atoms with Crippen molar-refractivity contribution in [3.8, 4) is 0 Å². The number of carbonyl (C=O) groups excluding carboxylic acids is 2. The molecule has 3 heteroatoms. The van der Waals surface area contributed by atoms with Crippen molar-refractivity contribution >= 4 is 11.9 Å². The van der Waals surface area contributed by atoms with Gasteiger partial charge in [-0.1, -0.05) is 13.8 Å². The van der Waals surface area contributed by atoms with Gasteiger partial charge < -0.3 is 4.74 Å². The van der Waals surface area contributed by atoms with Gasteiger partial charge in [0.15, 0.2) is 0 Å². The fourth-order valence-corrected chi connectivity index (χ4v) is 2.59. The molecule has 0 aromatic heterocycles. The van der Waals surface area contributed by atoms with Crippen LogP contribution in [0.5, 0.6) is 0 Å². The third-order valence-corrected chi connectivity index (χ3v) is 3.44. The maximum atomic E-state index is 11.3. The lowest BCUT2D eigenvalue weighted by atomic mass is 9.69. The summed E-state index contributed by atoms with van der Waals surface area (Å²) in [6.07, 6.45) is 2.06. The fraction of sp³-hybridized carbons (Fsp3) is 0.800. The lowest BCUT2D eigenvalue weighted by Crippen LogP contribution is -2.34. The van der Waals surface area contributed by atoms with Crippen LogP contribution < -0.4 is 0 Å². The van der Waals surface area contributed by atoms with Gasteiger partial charge in [-0.3, -0.25) is 9.59 Å². The predicted molar refractivity (Wildman–Crippen MR) is 45.6 cm³/mol. The van der Waals surface area contributed by atoms with Crippen molar-refractivity contribution in [2.24, 2.45) is 23.7 Å². The third-order valence-electron chi connectivity index (χ3n) is 3.44. The van der Waals surface area contributed by atoms with Gasteiger partial charge in [0.05, 0.1) is 11.8 Å². The van der Waals surface area contributed by atoms with Gasteiger partial charge in [-0.25, -0.2) is 0 Å². The topological polar surface area (TPSA) is 43.4 Å². The number of esters is 2. The fourth-order valence-electron chi connectivity index (χ4n) is 2.59. The maximum Gasteiger partial charge on any atom is 0.317 e. The molecular weight excluding hydrogens is 168 g/mol. The van der Waals surface area contributed by atoms with Gasteiger partial charge in [-0.2, -0.15) is 0 Å². The molecule has 2 unspecified atom stereocenters. The predicted octanol–water partition coefficient (Wildman–Crippen LogP) is 1.37. The van der Waals surface area contributed by atoms with Gasteiger partial charge in [0.1, 0.15) is 0 Å². The van der Waals surface area contributed by atoms with Gasteiger partial charge in [0.2, 0.25) is 0 Å². The van der Waals surface area contributed by atoms with E-state index in [0.29, 0.717) is 11.8 Å². The summed E-state index contributed by atoms with van der Waals surface area (Å²) in [7, 11) is 0. The van der Waals surface area contributed by atoms with E-state index in [2.05, 4.69) is 4.74 Å². The largest absolute Gasteiger partial charge is 0.393 e. The number of carbonyl (C=O) groups is 2. The number of hydrogen-bond acceptors (Lipinski definition) is 3. The molecule has 3 nitrogen and oxygen atoms in total. The van der Waals surface area contributed by atoms with E-state index in [4.69, 9.17) is 0 Å². The summed E-state index contributed by atoms with van der Waals surface area (Å²) < 4.78 is 4.67. The molecule has 2 rings (SSSR count). The Kier molecular flexibility index (Phi) is 1.90. The Labute approximate surface area is 77.4 Å². The number of rotatable bonds is 0. The zero-order valence-electron chi connectivity index (χ0n) is 7.95. The molecule has 1 saturated heterocycles. The van der Waals surface area contributed by atoms with Crippen molar-refractivity contribution in [1.29, 1.82) is 0 Å². The molecule has 1 heterocycles. The zero-order chi connectivity index (χ0) is 9.59. The summed E-state index contributed by atoms with van der Waals surface area (Å²) in [5.41, 5.74) is 0. The SMILES string of the molecule is CC1CCC(C)[C@@H]2C(=O)OC(=O)[C@H]12. The Morgan fingerprint density at radius 1 is 1.00 bits per heavy atom. The first kappa shape index (κ1) is 8.73. The van der Waals surface area contributed by atoms with E-state index < -0.39 is 0 Å². The average Bonchev–Trinajstić information content (AvgIpc) is 2.36. The van der Waals surface area contributed by atoms with E-state index in [-0.39, 0.29) is 23.8 Å². The van der Waals surface area contributed by atoms with Crippen molar-refractivity contribution in [2.75, 3.05) is 0 Å². The molecule has 0 N–H and O–H groups in total.